The van der Waals surface area contributed by atoms with Crippen LogP contribution in [0.4, 0.5) is 11.4 Å². The summed E-state index contributed by atoms with van der Waals surface area (Å²) in [5, 5.41) is 0. The fourth-order valence-corrected chi connectivity index (χ4v) is 7.56. The minimum Gasteiger partial charge on any atom is -0.497 e. The summed E-state index contributed by atoms with van der Waals surface area (Å²) in [6, 6.07) is 21.1. The van der Waals surface area contributed by atoms with Gasteiger partial charge in [0.15, 0.2) is 23.0 Å². The van der Waals surface area contributed by atoms with Crippen molar-refractivity contribution in [3.8, 4) is 28.7 Å². The molecule has 0 unspecified atom stereocenters. The SMILES string of the molecule is COc1ccc2c(c1)CN1C(=O)c3cc(OC)c(OCCCCCOc4cc5c(cc4OC)C(=O)N4Cc6ccccc6C[C@H]4C=N5)cc3N=C[C@@H]1C2. The molecule has 4 aromatic rings. The van der Waals surface area contributed by atoms with Crippen molar-refractivity contribution < 1.29 is 33.3 Å². The number of ether oxygens (including phenoxy) is 5. The highest BCUT2D eigenvalue weighted by atomic mass is 16.5. The van der Waals surface area contributed by atoms with Gasteiger partial charge in [0, 0.05) is 37.7 Å². The van der Waals surface area contributed by atoms with Gasteiger partial charge in [-0.3, -0.25) is 19.6 Å². The van der Waals surface area contributed by atoms with Gasteiger partial charge in [0.25, 0.3) is 11.8 Å². The van der Waals surface area contributed by atoms with Gasteiger partial charge in [-0.2, -0.15) is 0 Å². The molecule has 4 aromatic carbocycles. The lowest BCUT2D eigenvalue weighted by Crippen LogP contribution is -2.44. The van der Waals surface area contributed by atoms with E-state index in [1.807, 2.05) is 46.5 Å². The van der Waals surface area contributed by atoms with E-state index in [0.29, 0.717) is 78.2 Å². The van der Waals surface area contributed by atoms with E-state index in [9.17, 15) is 9.59 Å². The molecular weight excluding hydrogens is 672 g/mol. The molecule has 0 fully saturated rings. The summed E-state index contributed by atoms with van der Waals surface area (Å²) in [6.45, 7) is 1.95. The number of amides is 2. The lowest BCUT2D eigenvalue weighted by molar-refractivity contribution is 0.0695. The molecule has 4 aliphatic heterocycles. The van der Waals surface area contributed by atoms with Crippen molar-refractivity contribution in [2.24, 2.45) is 9.98 Å². The van der Waals surface area contributed by atoms with E-state index < -0.39 is 0 Å². The highest BCUT2D eigenvalue weighted by molar-refractivity contribution is 6.04. The molecule has 2 amide bonds. The maximum Gasteiger partial charge on any atom is 0.257 e. The number of aliphatic imine (C=N–C) groups is 2. The lowest BCUT2D eigenvalue weighted by Gasteiger charge is -2.34. The molecule has 0 N–H and O–H groups in total. The summed E-state index contributed by atoms with van der Waals surface area (Å²) < 4.78 is 29.0. The van der Waals surface area contributed by atoms with Crippen LogP contribution < -0.4 is 23.7 Å². The third kappa shape index (κ3) is 6.67. The van der Waals surface area contributed by atoms with Crippen LogP contribution in [0.3, 0.4) is 0 Å². The first-order chi connectivity index (χ1) is 25.9. The number of methoxy groups -OCH3 is 3. The van der Waals surface area contributed by atoms with Crippen LogP contribution in [0.2, 0.25) is 0 Å². The molecule has 4 heterocycles. The Balaban J connectivity index is 0.863. The largest absolute Gasteiger partial charge is 0.497 e. The van der Waals surface area contributed by atoms with Crippen LogP contribution in [-0.4, -0.2) is 80.7 Å². The van der Waals surface area contributed by atoms with Crippen molar-refractivity contribution in [3.05, 3.63) is 100 Å². The highest BCUT2D eigenvalue weighted by Crippen LogP contribution is 2.40. The molecule has 2 atom stereocenters. The van der Waals surface area contributed by atoms with Gasteiger partial charge < -0.3 is 33.5 Å². The molecule has 272 valence electrons. The van der Waals surface area contributed by atoms with E-state index in [1.165, 1.54) is 16.7 Å². The van der Waals surface area contributed by atoms with Gasteiger partial charge in [0.05, 0.1) is 69.1 Å². The van der Waals surface area contributed by atoms with Crippen LogP contribution in [0, 0.1) is 0 Å². The first-order valence-corrected chi connectivity index (χ1v) is 18.1. The van der Waals surface area contributed by atoms with Gasteiger partial charge in [-0.15, -0.1) is 0 Å². The van der Waals surface area contributed by atoms with Crippen LogP contribution in [0.1, 0.15) is 62.2 Å². The van der Waals surface area contributed by atoms with E-state index in [1.54, 1.807) is 45.6 Å². The molecule has 0 radical (unpaired) electrons. The summed E-state index contributed by atoms with van der Waals surface area (Å²) in [5.41, 5.74) is 6.83. The number of unbranched alkanes of at least 4 members (excludes halogenated alkanes) is 2. The molecule has 11 nitrogen and oxygen atoms in total. The van der Waals surface area contributed by atoms with Crippen molar-refractivity contribution in [1.29, 1.82) is 0 Å². The van der Waals surface area contributed by atoms with E-state index in [-0.39, 0.29) is 23.9 Å². The molecule has 4 aliphatic rings. The van der Waals surface area contributed by atoms with Crippen molar-refractivity contribution in [2.75, 3.05) is 34.5 Å². The molecule has 11 heteroatoms. The smallest absolute Gasteiger partial charge is 0.257 e. The summed E-state index contributed by atoms with van der Waals surface area (Å²) in [6.07, 6.45) is 7.58. The normalized spacial score (nSPS) is 18.0. The molecule has 0 spiro atoms. The number of rotatable bonds is 11. The number of benzene rings is 4. The fraction of sp³-hybridized carbons (Fsp3) is 0.333. The van der Waals surface area contributed by atoms with E-state index in [2.05, 4.69) is 18.2 Å². The number of fused-ring (bicyclic) bond motifs is 6. The number of hydrogen-bond donors (Lipinski definition) is 0. The number of carbonyl (C=O) groups excluding carboxylic acids is 2. The van der Waals surface area contributed by atoms with Crippen molar-refractivity contribution in [1.82, 2.24) is 9.80 Å². The van der Waals surface area contributed by atoms with Gasteiger partial charge in [-0.25, -0.2) is 0 Å². The average molecular weight is 715 g/mol. The van der Waals surface area contributed by atoms with Crippen LogP contribution in [0.25, 0.3) is 0 Å². The van der Waals surface area contributed by atoms with Gasteiger partial charge in [0.2, 0.25) is 0 Å². The van der Waals surface area contributed by atoms with Gasteiger partial charge in [0.1, 0.15) is 5.75 Å². The Hall–Kier alpha value is -5.84. The average Bonchev–Trinajstić information content (AvgIpc) is 3.40. The Bertz CT molecular complexity index is 2130. The quantitative estimate of drug-likeness (QED) is 0.155. The Morgan fingerprint density at radius 1 is 0.585 bits per heavy atom. The predicted octanol–water partition coefficient (Wildman–Crippen LogP) is 6.91. The zero-order valence-electron chi connectivity index (χ0n) is 30.2. The van der Waals surface area contributed by atoms with Crippen LogP contribution >= 0.6 is 0 Å². The molecule has 53 heavy (non-hydrogen) atoms. The van der Waals surface area contributed by atoms with Gasteiger partial charge >= 0.3 is 0 Å². The standard InChI is InChI=1S/C42H42N4O7/c1-49-32-12-11-27-16-31-23-44-36-21-40(38(51-3)19-34(36)42(48)46(31)25-29(27)17-32)53-14-8-4-7-13-52-39-20-35-33(18-37(39)50-2)41(47)45-24-28-10-6-5-9-26(28)15-30(45)22-43-35/h5-6,9-12,17-23,30-31H,4,7-8,13-16,24-25H2,1-3H3/t30-,31-/m0/s1. The maximum atomic E-state index is 13.8. The second kappa shape index (κ2) is 14.7. The Kier molecular flexibility index (Phi) is 9.47. The zero-order chi connectivity index (χ0) is 36.5. The molecule has 0 bridgehead atoms. The number of nitrogens with zero attached hydrogens (tertiary/aromatic N) is 4. The van der Waals surface area contributed by atoms with Gasteiger partial charge in [-0.05, 0) is 78.6 Å². The minimum atomic E-state index is -0.143. The Morgan fingerprint density at radius 2 is 1.11 bits per heavy atom. The Labute approximate surface area is 308 Å². The predicted molar refractivity (Wildman–Crippen MR) is 201 cm³/mol. The Morgan fingerprint density at radius 3 is 1.66 bits per heavy atom. The molecule has 0 aromatic heterocycles. The second-order valence-corrected chi connectivity index (χ2v) is 13.7. The topological polar surface area (TPSA) is 111 Å². The second-order valence-electron chi connectivity index (χ2n) is 13.7. The van der Waals surface area contributed by atoms with Gasteiger partial charge in [-0.1, -0.05) is 30.3 Å². The van der Waals surface area contributed by atoms with Crippen molar-refractivity contribution >= 4 is 35.6 Å². The van der Waals surface area contributed by atoms with E-state index in [0.717, 1.165) is 37.0 Å². The third-order valence-electron chi connectivity index (χ3n) is 10.5. The molecule has 8 rings (SSSR count). The fourth-order valence-electron chi connectivity index (χ4n) is 7.56. The summed E-state index contributed by atoms with van der Waals surface area (Å²) in [5.74, 6) is 2.72. The van der Waals surface area contributed by atoms with E-state index in [4.69, 9.17) is 33.7 Å². The van der Waals surface area contributed by atoms with E-state index >= 15 is 0 Å². The molecular formula is C42H42N4O7. The molecule has 0 saturated heterocycles. The summed E-state index contributed by atoms with van der Waals surface area (Å²) in [7, 11) is 4.80. The third-order valence-corrected chi connectivity index (χ3v) is 10.5. The molecule has 0 saturated carbocycles. The summed E-state index contributed by atoms with van der Waals surface area (Å²) in [4.78, 5) is 40.7. The number of hydrogen-bond acceptors (Lipinski definition) is 9. The molecule has 0 aliphatic carbocycles. The zero-order valence-corrected chi connectivity index (χ0v) is 30.2. The van der Waals surface area contributed by atoms with Crippen molar-refractivity contribution in [2.45, 2.75) is 57.3 Å². The van der Waals surface area contributed by atoms with Crippen molar-refractivity contribution in [3.63, 3.8) is 0 Å². The van der Waals surface area contributed by atoms with Crippen LogP contribution in [0.15, 0.2) is 76.7 Å². The maximum absolute atomic E-state index is 13.8. The van der Waals surface area contributed by atoms with Crippen LogP contribution in [-0.2, 0) is 25.9 Å². The minimum absolute atomic E-state index is 0.0606. The number of carbonyl (C=O) groups is 2. The lowest BCUT2D eigenvalue weighted by atomic mass is 9.94. The first kappa shape index (κ1) is 34.3. The first-order valence-electron chi connectivity index (χ1n) is 18.1. The summed E-state index contributed by atoms with van der Waals surface area (Å²) >= 11 is 0. The van der Waals surface area contributed by atoms with Crippen LogP contribution in [0.5, 0.6) is 28.7 Å². The monoisotopic (exact) mass is 714 g/mol. The highest BCUT2D eigenvalue weighted by Gasteiger charge is 2.35.